The molecular formula is C56H69N11O6. The summed E-state index contributed by atoms with van der Waals surface area (Å²) >= 11 is 0. The van der Waals surface area contributed by atoms with E-state index in [4.69, 9.17) is 14.7 Å². The summed E-state index contributed by atoms with van der Waals surface area (Å²) in [5, 5.41) is 6.13. The van der Waals surface area contributed by atoms with E-state index >= 15 is 4.79 Å². The molecule has 17 heteroatoms. The van der Waals surface area contributed by atoms with Crippen molar-refractivity contribution in [2.75, 3.05) is 67.6 Å². The molecule has 73 heavy (non-hydrogen) atoms. The number of benzene rings is 1. The zero-order valence-electron chi connectivity index (χ0n) is 42.6. The lowest BCUT2D eigenvalue weighted by atomic mass is 9.72. The first kappa shape index (κ1) is 46.8. The summed E-state index contributed by atoms with van der Waals surface area (Å²) in [5.74, 6) is 1.24. The van der Waals surface area contributed by atoms with E-state index in [9.17, 15) is 19.2 Å². The van der Waals surface area contributed by atoms with Gasteiger partial charge in [0.1, 0.15) is 11.3 Å². The molecule has 6 saturated heterocycles. The van der Waals surface area contributed by atoms with Gasteiger partial charge in [0.15, 0.2) is 5.82 Å². The van der Waals surface area contributed by atoms with Gasteiger partial charge in [0.2, 0.25) is 29.5 Å². The first-order valence-electron chi connectivity index (χ1n) is 27.4. The summed E-state index contributed by atoms with van der Waals surface area (Å²) in [4.78, 5) is 93.7. The maximum absolute atomic E-state index is 15.3. The molecule has 3 atom stereocenters. The molecule has 2 N–H and O–H groups in total. The molecule has 1 spiro atoms. The molecule has 384 valence electrons. The number of anilines is 3. The molecule has 10 heterocycles. The lowest BCUT2D eigenvalue weighted by molar-refractivity contribution is -0.161. The van der Waals surface area contributed by atoms with E-state index in [1.165, 1.54) is 6.42 Å². The van der Waals surface area contributed by atoms with Crippen LogP contribution < -0.4 is 20.4 Å². The number of pyridine rings is 2. The van der Waals surface area contributed by atoms with Crippen LogP contribution in [0.1, 0.15) is 127 Å². The second-order valence-electron chi connectivity index (χ2n) is 23.6. The molecule has 1 unspecified atom stereocenters. The fourth-order valence-corrected chi connectivity index (χ4v) is 14.0. The number of amides is 5. The molecule has 0 radical (unpaired) electrons. The topological polar surface area (TPSA) is 178 Å². The van der Waals surface area contributed by atoms with E-state index in [-0.39, 0.29) is 53.5 Å². The molecule has 1 aromatic carbocycles. The molecule has 8 fully saturated rings. The minimum Gasteiger partial charge on any atom is -0.378 e. The molecule has 9 aliphatic rings. The van der Waals surface area contributed by atoms with Gasteiger partial charge < -0.3 is 34.2 Å². The van der Waals surface area contributed by atoms with Gasteiger partial charge in [-0.1, -0.05) is 25.1 Å². The maximum Gasteiger partial charge on any atom is 0.238 e. The number of fused-ring (bicyclic) bond motifs is 5. The number of rotatable bonds is 10. The Balaban J connectivity index is 0.673. The summed E-state index contributed by atoms with van der Waals surface area (Å²) in [5.41, 5.74) is 5.35. The van der Waals surface area contributed by atoms with Crippen LogP contribution in [0.15, 0.2) is 48.9 Å². The Morgan fingerprint density at radius 1 is 0.808 bits per heavy atom. The van der Waals surface area contributed by atoms with Crippen molar-refractivity contribution >= 4 is 57.9 Å². The standard InChI is InChI=1S/C56H69N11O6/c1-33(2)65-32-58-45-28-44(60-50(49(45)65)59-37-6-7-37)35-4-9-43-46(24-35)67(39-25-38(26-39)66-40-27-41(66)31-73-30-40)54(72)56(43)16-22-64(23-17-56)53(71)55(3)14-20-63(21-15-55)52(70)34-12-18-62(19-13-34)47-10-5-36(29-57-47)42-8-11-48(68)61-51(42)69/h4-5,9-10,24,28-29,32-34,37-42H,6-8,11-23,25-27,30-31H2,1-3H3,(H,59,60)(H,61,68,69)/t38?,39?,40-,41?,42+/m0/s1. The number of morpholine rings is 1. The summed E-state index contributed by atoms with van der Waals surface area (Å²) in [6.45, 7) is 11.6. The SMILES string of the molecule is CC(C)n1cnc2cc(-c3ccc4c(c3)N(C3CC(N5C6COC[C@@H]5C6)C3)C(=O)C43CCN(C(=O)C4(C)CCN(C(=O)C5CCN(c6ccc([C@H]7CCC(=O)NC7=O)cn6)CC5)CC4)CC3)nc(NC3CC3)c21. The van der Waals surface area contributed by atoms with E-state index in [1.807, 2.05) is 28.3 Å². The average molecular weight is 992 g/mol. The minimum atomic E-state index is -0.704. The number of hydrogen-bond acceptors (Lipinski definition) is 12. The first-order chi connectivity index (χ1) is 35.3. The third kappa shape index (κ3) is 8.00. The van der Waals surface area contributed by atoms with Gasteiger partial charge in [0.25, 0.3) is 0 Å². The third-order valence-electron chi connectivity index (χ3n) is 18.8. The fraction of sp³-hybridized carbons (Fsp3) is 0.607. The smallest absolute Gasteiger partial charge is 0.238 e. The van der Waals surface area contributed by atoms with Crippen LogP contribution in [-0.4, -0.2) is 146 Å². The molecule has 13 rings (SSSR count). The van der Waals surface area contributed by atoms with Crippen molar-refractivity contribution < 1.29 is 28.7 Å². The molecule has 2 aliphatic carbocycles. The molecular weight excluding hydrogens is 923 g/mol. The highest BCUT2D eigenvalue weighted by Gasteiger charge is 2.58. The number of hydrogen-bond donors (Lipinski definition) is 2. The Kier molecular flexibility index (Phi) is 11.5. The molecule has 7 aliphatic heterocycles. The zero-order valence-corrected chi connectivity index (χ0v) is 42.6. The predicted molar refractivity (Wildman–Crippen MR) is 275 cm³/mol. The van der Waals surface area contributed by atoms with Crippen LogP contribution in [0.25, 0.3) is 22.3 Å². The summed E-state index contributed by atoms with van der Waals surface area (Å²) in [6, 6.07) is 14.7. The van der Waals surface area contributed by atoms with Crippen LogP contribution in [-0.2, 0) is 34.1 Å². The lowest BCUT2D eigenvalue weighted by Gasteiger charge is -2.60. The summed E-state index contributed by atoms with van der Waals surface area (Å²) in [7, 11) is 0. The van der Waals surface area contributed by atoms with Crippen LogP contribution >= 0.6 is 0 Å². The number of imidazole rings is 1. The predicted octanol–water partition coefficient (Wildman–Crippen LogP) is 5.92. The van der Waals surface area contributed by atoms with Crippen molar-refractivity contribution in [2.24, 2.45) is 11.3 Å². The fourth-order valence-electron chi connectivity index (χ4n) is 14.0. The first-order valence-corrected chi connectivity index (χ1v) is 27.4. The van der Waals surface area contributed by atoms with Crippen molar-refractivity contribution in [2.45, 2.75) is 152 Å². The van der Waals surface area contributed by atoms with E-state index in [0.717, 1.165) is 102 Å². The van der Waals surface area contributed by atoms with E-state index in [2.05, 4.69) is 79.9 Å². The van der Waals surface area contributed by atoms with E-state index in [0.29, 0.717) is 102 Å². The van der Waals surface area contributed by atoms with Crippen LogP contribution in [0.3, 0.4) is 0 Å². The van der Waals surface area contributed by atoms with Crippen molar-refractivity contribution in [3.63, 3.8) is 0 Å². The van der Waals surface area contributed by atoms with Crippen molar-refractivity contribution in [3.8, 4) is 11.3 Å². The Hall–Kier alpha value is -5.94. The van der Waals surface area contributed by atoms with Crippen LogP contribution in [0.2, 0.25) is 0 Å². The van der Waals surface area contributed by atoms with Crippen molar-refractivity contribution in [1.29, 1.82) is 0 Å². The highest BCUT2D eigenvalue weighted by Crippen LogP contribution is 2.53. The van der Waals surface area contributed by atoms with Gasteiger partial charge in [0, 0.05) is 111 Å². The lowest BCUT2D eigenvalue weighted by Crippen LogP contribution is -2.70. The third-order valence-corrected chi connectivity index (χ3v) is 18.8. The molecule has 2 bridgehead atoms. The van der Waals surface area contributed by atoms with Gasteiger partial charge >= 0.3 is 0 Å². The zero-order chi connectivity index (χ0) is 49.9. The summed E-state index contributed by atoms with van der Waals surface area (Å²) < 4.78 is 8.03. The quantitative estimate of drug-likeness (QED) is 0.180. The van der Waals surface area contributed by atoms with Crippen LogP contribution in [0.5, 0.6) is 0 Å². The monoisotopic (exact) mass is 992 g/mol. The Morgan fingerprint density at radius 3 is 2.21 bits per heavy atom. The normalized spacial score (nSPS) is 28.1. The number of likely N-dealkylation sites (tertiary alicyclic amines) is 2. The second-order valence-corrected chi connectivity index (χ2v) is 23.6. The number of nitrogens with one attached hydrogen (secondary N) is 2. The van der Waals surface area contributed by atoms with E-state index < -0.39 is 10.8 Å². The highest BCUT2D eigenvalue weighted by atomic mass is 16.5. The van der Waals surface area contributed by atoms with Crippen molar-refractivity contribution in [3.05, 3.63) is 60.0 Å². The second kappa shape index (κ2) is 17.9. The largest absolute Gasteiger partial charge is 0.378 e. The number of carbonyl (C=O) groups excluding carboxylic acids is 5. The number of imide groups is 1. The maximum atomic E-state index is 15.3. The molecule has 3 aromatic heterocycles. The number of nitrogens with zero attached hydrogens (tertiary/aromatic N) is 9. The van der Waals surface area contributed by atoms with Gasteiger partial charge in [-0.2, -0.15) is 0 Å². The van der Waals surface area contributed by atoms with Gasteiger partial charge in [0.05, 0.1) is 42.1 Å². The van der Waals surface area contributed by atoms with Gasteiger partial charge in [-0.15, -0.1) is 0 Å². The number of aromatic nitrogens is 4. The molecule has 4 aromatic rings. The minimum absolute atomic E-state index is 0.0769. The summed E-state index contributed by atoms with van der Waals surface area (Å²) in [6.07, 6.45) is 13.7. The number of piperidine rings is 4. The van der Waals surface area contributed by atoms with Crippen molar-refractivity contribution in [1.82, 2.24) is 39.5 Å². The van der Waals surface area contributed by atoms with E-state index in [1.54, 1.807) is 6.20 Å². The van der Waals surface area contributed by atoms with Gasteiger partial charge in [-0.05, 0) is 120 Å². The van der Waals surface area contributed by atoms with Crippen LogP contribution in [0, 0.1) is 11.3 Å². The number of ether oxygens (including phenoxy) is 1. The molecule has 17 nitrogen and oxygen atoms in total. The Labute approximate surface area is 426 Å². The van der Waals surface area contributed by atoms with Gasteiger partial charge in [-0.3, -0.25) is 34.2 Å². The highest BCUT2D eigenvalue weighted by molar-refractivity contribution is 6.09. The molecule has 2 saturated carbocycles. The number of carbonyl (C=O) groups is 5. The molecule has 5 amide bonds. The van der Waals surface area contributed by atoms with Gasteiger partial charge in [-0.25, -0.2) is 15.0 Å². The average Bonchev–Trinajstić information content (AvgIpc) is 4.06. The van der Waals surface area contributed by atoms with Crippen LogP contribution in [0.4, 0.5) is 17.3 Å². The Morgan fingerprint density at radius 2 is 1.53 bits per heavy atom. The Bertz CT molecular complexity index is 2850.